The summed E-state index contributed by atoms with van der Waals surface area (Å²) in [5.74, 6) is 0. The molecule has 2 rings (SSSR count). The predicted octanol–water partition coefficient (Wildman–Crippen LogP) is -0.0566. The van der Waals surface area contributed by atoms with Crippen LogP contribution in [-0.4, -0.2) is 38.1 Å². The fraction of sp³-hybridized carbons (Fsp3) is 0. The van der Waals surface area contributed by atoms with Crippen molar-refractivity contribution in [2.45, 2.75) is 0 Å². The van der Waals surface area contributed by atoms with Crippen LogP contribution in [0, 0.1) is 0 Å². The van der Waals surface area contributed by atoms with E-state index in [2.05, 4.69) is 10.3 Å². The van der Waals surface area contributed by atoms with Crippen LogP contribution in [0.25, 0.3) is 11.0 Å². The first-order chi connectivity index (χ1) is 5.42. The van der Waals surface area contributed by atoms with Gasteiger partial charge < -0.3 is 0 Å². The molecule has 0 saturated heterocycles. The zero-order valence-corrected chi connectivity index (χ0v) is 8.41. The quantitative estimate of drug-likeness (QED) is 0.668. The van der Waals surface area contributed by atoms with E-state index in [1.165, 1.54) is 4.85 Å². The van der Waals surface area contributed by atoms with E-state index < -0.39 is 0 Å². The summed E-state index contributed by atoms with van der Waals surface area (Å²) in [6, 6.07) is 7.66. The standard InChI is InChI=1S/C6H4N3O.Sn/c10-9-6-4-2-1-3-5(6)7-8-9;/h1-4H;/q-1;+1. The first kappa shape index (κ1) is 6.90. The average molecular weight is 253 g/mol. The maximum absolute atomic E-state index is 5.00. The molecule has 0 amide bonds. The number of rotatable bonds is 1. The van der Waals surface area contributed by atoms with Crippen molar-refractivity contribution >= 4 is 34.0 Å². The van der Waals surface area contributed by atoms with Gasteiger partial charge in [0, 0.05) is 0 Å². The summed E-state index contributed by atoms with van der Waals surface area (Å²) in [4.78, 5) is 1.42. The van der Waals surface area contributed by atoms with Gasteiger partial charge in [-0.1, -0.05) is 0 Å². The van der Waals surface area contributed by atoms with E-state index in [-0.39, 0.29) is 0 Å². The Morgan fingerprint density at radius 3 is 3.00 bits per heavy atom. The molecule has 3 radical (unpaired) electrons. The monoisotopic (exact) mass is 254 g/mol. The first-order valence-electron chi connectivity index (χ1n) is 3.06. The Kier molecular flexibility index (Phi) is 1.69. The van der Waals surface area contributed by atoms with E-state index in [0.29, 0.717) is 0 Å². The molecule has 1 heterocycles. The van der Waals surface area contributed by atoms with Crippen LogP contribution in [0.4, 0.5) is 0 Å². The average Bonchev–Trinajstić information content (AvgIpc) is 2.47. The van der Waals surface area contributed by atoms with Crippen LogP contribution in [0.15, 0.2) is 24.3 Å². The van der Waals surface area contributed by atoms with Gasteiger partial charge in [0.25, 0.3) is 0 Å². The first-order valence-corrected chi connectivity index (χ1v) is 4.23. The van der Waals surface area contributed by atoms with Gasteiger partial charge >= 0.3 is 76.6 Å². The second-order valence-electron chi connectivity index (χ2n) is 2.04. The van der Waals surface area contributed by atoms with Crippen LogP contribution in [0.2, 0.25) is 0 Å². The summed E-state index contributed by atoms with van der Waals surface area (Å²) in [5, 5.41) is 7.67. The second-order valence-corrected chi connectivity index (χ2v) is 2.56. The third kappa shape index (κ3) is 1.07. The molecule has 0 aliphatic rings. The maximum atomic E-state index is 5.00. The summed E-state index contributed by atoms with van der Waals surface area (Å²) < 4.78 is 5.00. The molecule has 11 heavy (non-hydrogen) atoms. The summed E-state index contributed by atoms with van der Waals surface area (Å²) in [6.45, 7) is 0. The minimum absolute atomic E-state index is 0.856. The molecule has 0 saturated carbocycles. The fourth-order valence-electron chi connectivity index (χ4n) is 0.915. The molecule has 2 aromatic rings. The van der Waals surface area contributed by atoms with E-state index in [1.807, 2.05) is 24.3 Å². The molecule has 0 spiro atoms. The topological polar surface area (TPSA) is 39.9 Å². The van der Waals surface area contributed by atoms with E-state index in [1.54, 1.807) is 0 Å². The fourth-order valence-corrected chi connectivity index (χ4v) is 1.30. The van der Waals surface area contributed by atoms with Crippen LogP contribution < -0.4 is 3.17 Å². The number of fused-ring (bicyclic) bond motifs is 1. The summed E-state index contributed by atoms with van der Waals surface area (Å²) in [6.07, 6.45) is 0. The van der Waals surface area contributed by atoms with Crippen molar-refractivity contribution in [1.29, 1.82) is 0 Å². The van der Waals surface area contributed by atoms with Gasteiger partial charge in [-0.05, 0) is 0 Å². The van der Waals surface area contributed by atoms with Crippen LogP contribution in [0.5, 0.6) is 0 Å². The van der Waals surface area contributed by atoms with E-state index in [4.69, 9.17) is 3.17 Å². The van der Waals surface area contributed by atoms with Crippen molar-refractivity contribution < 1.29 is 3.17 Å². The van der Waals surface area contributed by atoms with Gasteiger partial charge in [0.1, 0.15) is 0 Å². The number of hydrogen-bond donors (Lipinski definition) is 0. The zero-order chi connectivity index (χ0) is 7.68. The van der Waals surface area contributed by atoms with Gasteiger partial charge in [0.05, 0.1) is 0 Å². The molecule has 0 bridgehead atoms. The Balaban J connectivity index is 2.76. The molecule has 5 heteroatoms. The Hall–Kier alpha value is -0.781. The Bertz CT molecular complexity index is 373. The Morgan fingerprint density at radius 1 is 1.36 bits per heavy atom. The van der Waals surface area contributed by atoms with Crippen LogP contribution in [-0.2, 0) is 0 Å². The normalized spacial score (nSPS) is 10.3. The number of para-hydroxylation sites is 1. The van der Waals surface area contributed by atoms with E-state index in [0.717, 1.165) is 34.0 Å². The SMILES string of the molecule is [Sn][O]n1nnc2ccccc21. The minimum atomic E-state index is 0.856. The van der Waals surface area contributed by atoms with E-state index in [9.17, 15) is 0 Å². The van der Waals surface area contributed by atoms with Crippen molar-refractivity contribution in [1.82, 2.24) is 15.2 Å². The van der Waals surface area contributed by atoms with Crippen LogP contribution in [0.1, 0.15) is 0 Å². The van der Waals surface area contributed by atoms with Crippen molar-refractivity contribution in [3.05, 3.63) is 24.3 Å². The summed E-state index contributed by atoms with van der Waals surface area (Å²) >= 11 is 0.951. The summed E-state index contributed by atoms with van der Waals surface area (Å²) in [7, 11) is 0. The third-order valence-electron chi connectivity index (χ3n) is 1.41. The number of benzene rings is 1. The summed E-state index contributed by atoms with van der Waals surface area (Å²) in [5.41, 5.74) is 1.76. The third-order valence-corrected chi connectivity index (χ3v) is 1.90. The van der Waals surface area contributed by atoms with E-state index >= 15 is 0 Å². The molecule has 0 aliphatic heterocycles. The molecule has 53 valence electrons. The van der Waals surface area contributed by atoms with Crippen LogP contribution in [0.3, 0.4) is 0 Å². The van der Waals surface area contributed by atoms with Gasteiger partial charge in [-0.2, -0.15) is 0 Å². The Labute approximate surface area is 76.7 Å². The molecule has 0 fully saturated rings. The molecule has 0 atom stereocenters. The molecule has 0 unspecified atom stereocenters. The van der Waals surface area contributed by atoms with Gasteiger partial charge in [-0.15, -0.1) is 0 Å². The second kappa shape index (κ2) is 2.69. The van der Waals surface area contributed by atoms with Crippen LogP contribution >= 0.6 is 0 Å². The van der Waals surface area contributed by atoms with Gasteiger partial charge in [0.15, 0.2) is 0 Å². The Morgan fingerprint density at radius 2 is 2.18 bits per heavy atom. The van der Waals surface area contributed by atoms with Gasteiger partial charge in [0.2, 0.25) is 0 Å². The molecule has 0 N–H and O–H groups in total. The number of hydrogen-bond acceptors (Lipinski definition) is 3. The van der Waals surface area contributed by atoms with Gasteiger partial charge in [-0.3, -0.25) is 0 Å². The molecule has 1 aromatic heterocycles. The number of nitrogens with zero attached hydrogens (tertiary/aromatic N) is 3. The van der Waals surface area contributed by atoms with Crippen molar-refractivity contribution in [3.8, 4) is 0 Å². The van der Waals surface area contributed by atoms with Crippen molar-refractivity contribution in [2.24, 2.45) is 0 Å². The number of aromatic nitrogens is 3. The molecule has 0 aliphatic carbocycles. The van der Waals surface area contributed by atoms with Crippen molar-refractivity contribution in [3.63, 3.8) is 0 Å². The molecule has 4 nitrogen and oxygen atoms in total. The molecule has 1 aromatic carbocycles. The van der Waals surface area contributed by atoms with Gasteiger partial charge in [-0.25, -0.2) is 0 Å². The zero-order valence-electron chi connectivity index (χ0n) is 5.56. The molecular weight excluding hydrogens is 249 g/mol. The van der Waals surface area contributed by atoms with Crippen molar-refractivity contribution in [2.75, 3.05) is 0 Å². The predicted molar refractivity (Wildman–Crippen MR) is 39.9 cm³/mol. The molecular formula is C6H4N3OSn.